The highest BCUT2D eigenvalue weighted by Gasteiger charge is 2.42. The van der Waals surface area contributed by atoms with Crippen molar-refractivity contribution in [2.24, 2.45) is 5.92 Å². The van der Waals surface area contributed by atoms with Crippen molar-refractivity contribution in [3.63, 3.8) is 0 Å². The Morgan fingerprint density at radius 1 is 1.04 bits per heavy atom. The molecule has 0 amide bonds. The molecule has 1 fully saturated rings. The molecule has 3 rings (SSSR count). The summed E-state index contributed by atoms with van der Waals surface area (Å²) in [4.78, 5) is 16.8. The van der Waals surface area contributed by atoms with Crippen LogP contribution in [0.25, 0.3) is 5.69 Å². The number of aryl methyl sites for hydroxylation is 1. The third-order valence-corrected chi connectivity index (χ3v) is 4.79. The molecule has 0 saturated heterocycles. The van der Waals surface area contributed by atoms with Gasteiger partial charge in [0.05, 0.1) is 11.6 Å². The van der Waals surface area contributed by atoms with E-state index in [0.29, 0.717) is 11.5 Å². The van der Waals surface area contributed by atoms with Gasteiger partial charge in [-0.3, -0.25) is 9.36 Å². The second-order valence-corrected chi connectivity index (χ2v) is 6.62. The van der Waals surface area contributed by atoms with Gasteiger partial charge in [-0.2, -0.15) is 13.2 Å². The summed E-state index contributed by atoms with van der Waals surface area (Å²) in [6, 6.07) is 4.30. The predicted molar refractivity (Wildman–Crippen MR) is 85.2 cm³/mol. The quantitative estimate of drug-likeness (QED) is 0.719. The molecule has 8 heteroatoms. The van der Waals surface area contributed by atoms with Gasteiger partial charge in [-0.05, 0) is 44.7 Å². The van der Waals surface area contributed by atoms with Gasteiger partial charge < -0.3 is 0 Å². The lowest BCUT2D eigenvalue weighted by Crippen LogP contribution is -2.31. The zero-order chi connectivity index (χ0) is 19.1. The molecule has 0 bridgehead atoms. The summed E-state index contributed by atoms with van der Waals surface area (Å²) in [5.74, 6) is -3.57. The molecular formula is C18H17F5N2O. The average molecular weight is 372 g/mol. The predicted octanol–water partition coefficient (Wildman–Crippen LogP) is 4.66. The minimum atomic E-state index is -4.23. The molecule has 1 aliphatic carbocycles. The number of aromatic nitrogens is 2. The number of nitrogens with zero attached hydrogens (tertiary/aromatic N) is 2. The molecular weight excluding hydrogens is 355 g/mol. The van der Waals surface area contributed by atoms with Gasteiger partial charge in [0.2, 0.25) is 0 Å². The van der Waals surface area contributed by atoms with Crippen molar-refractivity contribution in [2.45, 2.75) is 44.7 Å². The standard InChI is InChI=1S/C18H17F5N2O/c1-10-8-16(26)25(13-6-7-14(19)15(20)9-13)17(24-10)11-2-4-12(5-3-11)18(21,22)23/h6-9,11-12H,2-5H2,1H3/t11-,12+. The summed E-state index contributed by atoms with van der Waals surface area (Å²) >= 11 is 0. The summed E-state index contributed by atoms with van der Waals surface area (Å²) in [7, 11) is 0. The Bertz CT molecular complexity index is 867. The molecule has 1 heterocycles. The maximum absolute atomic E-state index is 13.6. The van der Waals surface area contributed by atoms with E-state index in [1.165, 1.54) is 12.1 Å². The van der Waals surface area contributed by atoms with Crippen molar-refractivity contribution in [2.75, 3.05) is 0 Å². The zero-order valence-corrected chi connectivity index (χ0v) is 14.0. The van der Waals surface area contributed by atoms with E-state index in [2.05, 4.69) is 4.98 Å². The molecule has 0 aliphatic heterocycles. The highest BCUT2D eigenvalue weighted by molar-refractivity contribution is 5.35. The first-order valence-electron chi connectivity index (χ1n) is 8.29. The Kier molecular flexibility index (Phi) is 4.86. The Balaban J connectivity index is 2.00. The number of benzene rings is 1. The fourth-order valence-corrected chi connectivity index (χ4v) is 3.46. The van der Waals surface area contributed by atoms with Crippen molar-refractivity contribution in [1.82, 2.24) is 9.55 Å². The van der Waals surface area contributed by atoms with Crippen LogP contribution >= 0.6 is 0 Å². The topological polar surface area (TPSA) is 34.9 Å². The first-order valence-corrected chi connectivity index (χ1v) is 8.29. The van der Waals surface area contributed by atoms with E-state index in [1.807, 2.05) is 0 Å². The molecule has 2 aromatic rings. The van der Waals surface area contributed by atoms with Crippen LogP contribution in [0.4, 0.5) is 22.0 Å². The molecule has 3 nitrogen and oxygen atoms in total. The number of alkyl halides is 3. The molecule has 1 aliphatic rings. The molecule has 1 aromatic heterocycles. The third-order valence-electron chi connectivity index (χ3n) is 4.79. The fraction of sp³-hybridized carbons (Fsp3) is 0.444. The van der Waals surface area contributed by atoms with Gasteiger partial charge in [0, 0.05) is 23.7 Å². The molecule has 0 radical (unpaired) electrons. The van der Waals surface area contributed by atoms with Crippen molar-refractivity contribution >= 4 is 0 Å². The number of hydrogen-bond donors (Lipinski definition) is 0. The van der Waals surface area contributed by atoms with Crippen molar-refractivity contribution in [3.05, 3.63) is 57.8 Å². The second kappa shape index (κ2) is 6.81. The summed E-state index contributed by atoms with van der Waals surface area (Å²) in [5.41, 5.74) is 0.0626. The molecule has 1 saturated carbocycles. The van der Waals surface area contributed by atoms with Gasteiger partial charge in [0.25, 0.3) is 5.56 Å². The van der Waals surface area contributed by atoms with Crippen LogP contribution in [0.2, 0.25) is 0 Å². The van der Waals surface area contributed by atoms with E-state index in [4.69, 9.17) is 0 Å². The normalized spacial score (nSPS) is 21.0. The minimum Gasteiger partial charge on any atom is -0.269 e. The lowest BCUT2D eigenvalue weighted by molar-refractivity contribution is -0.182. The molecule has 140 valence electrons. The maximum atomic E-state index is 13.6. The molecule has 1 aromatic carbocycles. The Hall–Kier alpha value is -2.25. The van der Waals surface area contributed by atoms with Crippen LogP contribution in [-0.2, 0) is 0 Å². The second-order valence-electron chi connectivity index (χ2n) is 6.62. The van der Waals surface area contributed by atoms with E-state index in [1.54, 1.807) is 6.92 Å². The lowest BCUT2D eigenvalue weighted by Gasteiger charge is -2.30. The van der Waals surface area contributed by atoms with Gasteiger partial charge in [0.1, 0.15) is 5.82 Å². The van der Waals surface area contributed by atoms with Gasteiger partial charge in [-0.15, -0.1) is 0 Å². The van der Waals surface area contributed by atoms with E-state index >= 15 is 0 Å². The van der Waals surface area contributed by atoms with Gasteiger partial charge in [-0.25, -0.2) is 13.8 Å². The highest BCUT2D eigenvalue weighted by Crippen LogP contribution is 2.42. The van der Waals surface area contributed by atoms with Crippen LogP contribution in [0, 0.1) is 24.5 Å². The summed E-state index contributed by atoms with van der Waals surface area (Å²) < 4.78 is 66.6. The van der Waals surface area contributed by atoms with Crippen molar-refractivity contribution < 1.29 is 22.0 Å². The van der Waals surface area contributed by atoms with E-state index < -0.39 is 29.3 Å². The molecule has 0 spiro atoms. The van der Waals surface area contributed by atoms with Gasteiger partial charge in [0.15, 0.2) is 11.6 Å². The van der Waals surface area contributed by atoms with Crippen molar-refractivity contribution in [3.8, 4) is 5.69 Å². The fourth-order valence-electron chi connectivity index (χ4n) is 3.46. The van der Waals surface area contributed by atoms with Crippen LogP contribution < -0.4 is 5.56 Å². The summed E-state index contributed by atoms with van der Waals surface area (Å²) in [6.07, 6.45) is -3.87. The Morgan fingerprint density at radius 2 is 1.69 bits per heavy atom. The average Bonchev–Trinajstić information content (AvgIpc) is 2.56. The van der Waals surface area contributed by atoms with Crippen LogP contribution in [0.3, 0.4) is 0 Å². The largest absolute Gasteiger partial charge is 0.391 e. The van der Waals surface area contributed by atoms with Crippen LogP contribution in [0.15, 0.2) is 29.1 Å². The molecule has 26 heavy (non-hydrogen) atoms. The maximum Gasteiger partial charge on any atom is 0.391 e. The van der Waals surface area contributed by atoms with Crippen LogP contribution in [-0.4, -0.2) is 15.7 Å². The van der Waals surface area contributed by atoms with Crippen LogP contribution in [0.5, 0.6) is 0 Å². The minimum absolute atomic E-state index is 0.0459. The smallest absolute Gasteiger partial charge is 0.269 e. The zero-order valence-electron chi connectivity index (χ0n) is 14.0. The number of halogens is 5. The lowest BCUT2D eigenvalue weighted by atomic mass is 9.81. The van der Waals surface area contributed by atoms with E-state index in [0.717, 1.165) is 16.7 Å². The monoisotopic (exact) mass is 372 g/mol. The Labute approximate surface area is 146 Å². The number of rotatable bonds is 2. The summed E-state index contributed by atoms with van der Waals surface area (Å²) in [6.45, 7) is 1.61. The Morgan fingerprint density at radius 3 is 2.27 bits per heavy atom. The van der Waals surface area contributed by atoms with E-state index in [-0.39, 0.29) is 37.3 Å². The number of hydrogen-bond acceptors (Lipinski definition) is 2. The van der Waals surface area contributed by atoms with Crippen molar-refractivity contribution in [1.29, 1.82) is 0 Å². The van der Waals surface area contributed by atoms with Gasteiger partial charge >= 0.3 is 6.18 Å². The van der Waals surface area contributed by atoms with Gasteiger partial charge in [-0.1, -0.05) is 0 Å². The first-order chi connectivity index (χ1) is 12.2. The highest BCUT2D eigenvalue weighted by atomic mass is 19.4. The van der Waals surface area contributed by atoms with E-state index in [9.17, 15) is 26.7 Å². The van der Waals surface area contributed by atoms with Crippen LogP contribution in [0.1, 0.15) is 43.1 Å². The molecule has 0 atom stereocenters. The SMILES string of the molecule is Cc1cc(=O)n(-c2ccc(F)c(F)c2)c([C@H]2CC[C@@H](C(F)(F)F)CC2)n1. The summed E-state index contributed by atoms with van der Waals surface area (Å²) in [5, 5.41) is 0. The molecule has 0 unspecified atom stereocenters. The third kappa shape index (κ3) is 3.64. The first kappa shape index (κ1) is 18.5. The molecule has 0 N–H and O–H groups in total.